The average molecular weight is 305 g/mol. The number of nitrogens with zero attached hydrogens (tertiary/aromatic N) is 3. The van der Waals surface area contributed by atoms with E-state index in [1.54, 1.807) is 0 Å². The van der Waals surface area contributed by atoms with Gasteiger partial charge in [0.05, 0.1) is 5.75 Å². The molecule has 1 atom stereocenters. The Labute approximate surface area is 126 Å². The van der Waals surface area contributed by atoms with Crippen molar-refractivity contribution in [3.63, 3.8) is 0 Å². The summed E-state index contributed by atoms with van der Waals surface area (Å²) in [5.41, 5.74) is 2.31. The molecule has 1 aliphatic rings. The summed E-state index contributed by atoms with van der Waals surface area (Å²) >= 11 is 3.00. The second-order valence-electron chi connectivity index (χ2n) is 4.82. The summed E-state index contributed by atoms with van der Waals surface area (Å²) in [5, 5.41) is 8.93. The van der Waals surface area contributed by atoms with Crippen LogP contribution >= 0.6 is 23.1 Å². The molecule has 3 rings (SSSR count). The molecule has 0 radical (unpaired) electrons. The second-order valence-corrected chi connectivity index (χ2v) is 7.23. The molecule has 1 aromatic carbocycles. The summed E-state index contributed by atoms with van der Waals surface area (Å²) in [6, 6.07) is 8.37. The van der Waals surface area contributed by atoms with Gasteiger partial charge in [-0.2, -0.15) is 0 Å². The topological polar surface area (TPSA) is 46.1 Å². The van der Waals surface area contributed by atoms with Crippen molar-refractivity contribution in [2.24, 2.45) is 0 Å². The Morgan fingerprint density at radius 3 is 3.00 bits per heavy atom. The van der Waals surface area contributed by atoms with Gasteiger partial charge in [-0.25, -0.2) is 0 Å². The minimum Gasteiger partial charge on any atom is -0.308 e. The number of benzene rings is 1. The molecule has 1 aliphatic heterocycles. The Morgan fingerprint density at radius 1 is 1.45 bits per heavy atom. The predicted molar refractivity (Wildman–Crippen MR) is 82.5 cm³/mol. The molecule has 2 heterocycles. The molecule has 1 amide bonds. The van der Waals surface area contributed by atoms with Gasteiger partial charge in [0.15, 0.2) is 4.34 Å². The van der Waals surface area contributed by atoms with Gasteiger partial charge in [0.25, 0.3) is 0 Å². The van der Waals surface area contributed by atoms with Crippen LogP contribution in [0.25, 0.3) is 0 Å². The van der Waals surface area contributed by atoms with E-state index < -0.39 is 0 Å². The summed E-state index contributed by atoms with van der Waals surface area (Å²) in [5.74, 6) is 0.549. The number of carbonyl (C=O) groups excluding carboxylic acids is 1. The Morgan fingerprint density at radius 2 is 2.25 bits per heavy atom. The van der Waals surface area contributed by atoms with E-state index in [0.29, 0.717) is 5.75 Å². The van der Waals surface area contributed by atoms with Gasteiger partial charge in [-0.05, 0) is 31.9 Å². The first kappa shape index (κ1) is 13.6. The number of aromatic nitrogens is 2. The van der Waals surface area contributed by atoms with Crippen molar-refractivity contribution in [2.75, 3.05) is 10.7 Å². The molecule has 0 spiro atoms. The van der Waals surface area contributed by atoms with Crippen LogP contribution in [0.4, 0.5) is 5.69 Å². The van der Waals surface area contributed by atoms with Crippen LogP contribution in [0, 0.1) is 6.92 Å². The van der Waals surface area contributed by atoms with E-state index in [9.17, 15) is 4.79 Å². The molecule has 0 saturated heterocycles. The largest absolute Gasteiger partial charge is 0.308 e. The lowest BCUT2D eigenvalue weighted by Crippen LogP contribution is -2.36. The molecule has 0 bridgehead atoms. The SMILES string of the molecule is Cc1nnc(SCC(=O)N2c3ccccc3C[C@H]2C)s1. The molecule has 0 unspecified atom stereocenters. The quantitative estimate of drug-likeness (QED) is 0.818. The van der Waals surface area contributed by atoms with E-state index in [2.05, 4.69) is 23.2 Å². The number of aryl methyl sites for hydroxylation is 1. The Balaban J connectivity index is 1.71. The normalized spacial score (nSPS) is 17.3. The number of para-hydroxylation sites is 1. The Hall–Kier alpha value is -1.40. The van der Waals surface area contributed by atoms with Crippen LogP contribution in [-0.4, -0.2) is 27.9 Å². The molecule has 0 N–H and O–H groups in total. The summed E-state index contributed by atoms with van der Waals surface area (Å²) < 4.78 is 0.857. The van der Waals surface area contributed by atoms with Crippen LogP contribution in [0.5, 0.6) is 0 Å². The number of hydrogen-bond donors (Lipinski definition) is 0. The highest BCUT2D eigenvalue weighted by atomic mass is 32.2. The maximum Gasteiger partial charge on any atom is 0.237 e. The Bertz CT molecular complexity index is 641. The van der Waals surface area contributed by atoms with Crippen molar-refractivity contribution in [3.8, 4) is 0 Å². The zero-order chi connectivity index (χ0) is 14.1. The smallest absolute Gasteiger partial charge is 0.237 e. The van der Waals surface area contributed by atoms with E-state index in [1.165, 1.54) is 28.7 Å². The van der Waals surface area contributed by atoms with Crippen LogP contribution in [0.1, 0.15) is 17.5 Å². The van der Waals surface area contributed by atoms with E-state index >= 15 is 0 Å². The molecular formula is C14H15N3OS2. The number of rotatable bonds is 3. The van der Waals surface area contributed by atoms with E-state index in [0.717, 1.165) is 21.5 Å². The summed E-state index contributed by atoms with van der Waals surface area (Å²) in [6.07, 6.45) is 0.935. The molecule has 0 fully saturated rings. The minimum absolute atomic E-state index is 0.139. The maximum absolute atomic E-state index is 12.5. The van der Waals surface area contributed by atoms with Crippen LogP contribution < -0.4 is 4.90 Å². The van der Waals surface area contributed by atoms with E-state index in [4.69, 9.17) is 0 Å². The van der Waals surface area contributed by atoms with Gasteiger partial charge in [0.1, 0.15) is 5.01 Å². The van der Waals surface area contributed by atoms with Gasteiger partial charge in [0, 0.05) is 11.7 Å². The second kappa shape index (κ2) is 5.54. The van der Waals surface area contributed by atoms with Crippen molar-refractivity contribution in [2.45, 2.75) is 30.6 Å². The van der Waals surface area contributed by atoms with Gasteiger partial charge in [0.2, 0.25) is 5.91 Å². The van der Waals surface area contributed by atoms with Crippen LogP contribution in [0.2, 0.25) is 0 Å². The number of anilines is 1. The number of fused-ring (bicyclic) bond motifs is 1. The summed E-state index contributed by atoms with van der Waals surface area (Å²) in [4.78, 5) is 14.4. The lowest BCUT2D eigenvalue weighted by molar-refractivity contribution is -0.116. The van der Waals surface area contributed by atoms with Gasteiger partial charge in [-0.3, -0.25) is 4.79 Å². The fraction of sp³-hybridized carbons (Fsp3) is 0.357. The number of hydrogen-bond acceptors (Lipinski definition) is 5. The predicted octanol–water partition coefficient (Wildman–Crippen LogP) is 2.92. The Kier molecular flexibility index (Phi) is 3.76. The van der Waals surface area contributed by atoms with E-state index in [1.807, 2.05) is 30.0 Å². The monoisotopic (exact) mass is 305 g/mol. The molecule has 0 aliphatic carbocycles. The third-order valence-corrected chi connectivity index (χ3v) is 5.26. The first-order valence-electron chi connectivity index (χ1n) is 6.48. The van der Waals surface area contributed by atoms with Crippen LogP contribution in [0.15, 0.2) is 28.6 Å². The van der Waals surface area contributed by atoms with Crippen molar-refractivity contribution >= 4 is 34.7 Å². The lowest BCUT2D eigenvalue weighted by atomic mass is 10.1. The van der Waals surface area contributed by atoms with Crippen molar-refractivity contribution in [3.05, 3.63) is 34.8 Å². The minimum atomic E-state index is 0.139. The molecule has 4 nitrogen and oxygen atoms in total. The maximum atomic E-state index is 12.5. The van der Waals surface area contributed by atoms with Gasteiger partial charge in [-0.1, -0.05) is 41.3 Å². The third kappa shape index (κ3) is 2.58. The zero-order valence-corrected chi connectivity index (χ0v) is 13.0. The average Bonchev–Trinajstić information content (AvgIpc) is 2.98. The molecule has 6 heteroatoms. The van der Waals surface area contributed by atoms with Crippen LogP contribution in [0.3, 0.4) is 0 Å². The molecule has 104 valence electrons. The molecule has 20 heavy (non-hydrogen) atoms. The van der Waals surface area contributed by atoms with E-state index in [-0.39, 0.29) is 11.9 Å². The van der Waals surface area contributed by atoms with Crippen molar-refractivity contribution < 1.29 is 4.79 Å². The number of amides is 1. The standard InChI is InChI=1S/C14H15N3OS2/c1-9-7-11-5-3-4-6-12(11)17(9)13(18)8-19-14-16-15-10(2)20-14/h3-6,9H,7-8H2,1-2H3/t9-/m1/s1. The van der Waals surface area contributed by atoms with Crippen molar-refractivity contribution in [1.82, 2.24) is 10.2 Å². The molecule has 1 aromatic heterocycles. The molecule has 2 aromatic rings. The first-order chi connectivity index (χ1) is 9.65. The third-order valence-electron chi connectivity index (χ3n) is 3.30. The number of thioether (sulfide) groups is 1. The summed E-state index contributed by atoms with van der Waals surface area (Å²) in [6.45, 7) is 4.01. The van der Waals surface area contributed by atoms with Gasteiger partial charge in [-0.15, -0.1) is 10.2 Å². The highest BCUT2D eigenvalue weighted by molar-refractivity contribution is 8.01. The molecular weight excluding hydrogens is 290 g/mol. The zero-order valence-electron chi connectivity index (χ0n) is 11.4. The summed E-state index contributed by atoms with van der Waals surface area (Å²) in [7, 11) is 0. The fourth-order valence-corrected chi connectivity index (χ4v) is 4.15. The van der Waals surface area contributed by atoms with Gasteiger partial charge >= 0.3 is 0 Å². The first-order valence-corrected chi connectivity index (χ1v) is 8.28. The van der Waals surface area contributed by atoms with Gasteiger partial charge < -0.3 is 4.90 Å². The highest BCUT2D eigenvalue weighted by Gasteiger charge is 2.30. The number of carbonyl (C=O) groups is 1. The lowest BCUT2D eigenvalue weighted by Gasteiger charge is -2.22. The highest BCUT2D eigenvalue weighted by Crippen LogP contribution is 2.33. The van der Waals surface area contributed by atoms with Crippen molar-refractivity contribution in [1.29, 1.82) is 0 Å². The molecule has 0 saturated carbocycles. The van der Waals surface area contributed by atoms with Crippen LogP contribution in [-0.2, 0) is 11.2 Å². The fourth-order valence-electron chi connectivity index (χ4n) is 2.48.